The van der Waals surface area contributed by atoms with Gasteiger partial charge in [-0.15, -0.1) is 0 Å². The molecule has 1 aliphatic rings. The third-order valence-electron chi connectivity index (χ3n) is 4.77. The molecule has 0 bridgehead atoms. The van der Waals surface area contributed by atoms with Crippen molar-refractivity contribution < 1.29 is 4.74 Å². The van der Waals surface area contributed by atoms with Gasteiger partial charge < -0.3 is 10.1 Å². The monoisotopic (exact) mass is 241 g/mol. The van der Waals surface area contributed by atoms with Crippen LogP contribution in [0.15, 0.2) is 0 Å². The van der Waals surface area contributed by atoms with E-state index >= 15 is 0 Å². The molecule has 0 heterocycles. The summed E-state index contributed by atoms with van der Waals surface area (Å²) in [5.74, 6) is 0.809. The Morgan fingerprint density at radius 3 is 2.12 bits per heavy atom. The average Bonchev–Trinajstić information content (AvgIpc) is 2.28. The van der Waals surface area contributed by atoms with Crippen LogP contribution in [-0.4, -0.2) is 27.3 Å². The quantitative estimate of drug-likeness (QED) is 0.796. The van der Waals surface area contributed by atoms with Gasteiger partial charge in [-0.05, 0) is 31.2 Å². The van der Waals surface area contributed by atoms with Gasteiger partial charge in [0.05, 0.1) is 6.61 Å². The van der Waals surface area contributed by atoms with Crippen LogP contribution >= 0.6 is 0 Å². The lowest BCUT2D eigenvalue weighted by Crippen LogP contribution is -2.52. The van der Waals surface area contributed by atoms with Crippen molar-refractivity contribution in [3.8, 4) is 0 Å². The van der Waals surface area contributed by atoms with Gasteiger partial charge in [0.1, 0.15) is 0 Å². The minimum atomic E-state index is 0.275. The first-order valence-corrected chi connectivity index (χ1v) is 7.11. The highest BCUT2D eigenvalue weighted by Gasteiger charge is 2.47. The molecule has 17 heavy (non-hydrogen) atoms. The molecule has 2 nitrogen and oxygen atoms in total. The molecule has 1 saturated carbocycles. The van der Waals surface area contributed by atoms with E-state index in [9.17, 15) is 0 Å². The third-order valence-corrected chi connectivity index (χ3v) is 4.77. The summed E-state index contributed by atoms with van der Waals surface area (Å²) < 4.78 is 5.60. The van der Waals surface area contributed by atoms with Gasteiger partial charge in [-0.2, -0.15) is 0 Å². The van der Waals surface area contributed by atoms with Gasteiger partial charge in [0.25, 0.3) is 0 Å². The largest absolute Gasteiger partial charge is 0.384 e. The zero-order valence-electron chi connectivity index (χ0n) is 12.4. The molecule has 0 amide bonds. The highest BCUT2D eigenvalue weighted by Crippen LogP contribution is 2.49. The fraction of sp³-hybridized carbons (Fsp3) is 1.00. The Balaban J connectivity index is 2.94. The number of rotatable bonds is 5. The van der Waals surface area contributed by atoms with E-state index in [1.54, 1.807) is 0 Å². The molecule has 0 aromatic rings. The first kappa shape index (κ1) is 15.0. The van der Waals surface area contributed by atoms with Crippen LogP contribution in [0.1, 0.15) is 52.9 Å². The van der Waals surface area contributed by atoms with Gasteiger partial charge in [-0.1, -0.05) is 40.0 Å². The van der Waals surface area contributed by atoms with Crippen LogP contribution in [0.25, 0.3) is 0 Å². The first-order chi connectivity index (χ1) is 7.98. The molecule has 1 rings (SSSR count). The summed E-state index contributed by atoms with van der Waals surface area (Å²) in [7, 11) is 3.91. The van der Waals surface area contributed by atoms with Crippen molar-refractivity contribution in [3.63, 3.8) is 0 Å². The Morgan fingerprint density at radius 2 is 1.71 bits per heavy atom. The minimum Gasteiger partial charge on any atom is -0.384 e. The lowest BCUT2D eigenvalue weighted by molar-refractivity contribution is -0.0630. The molecule has 0 aromatic heterocycles. The average molecular weight is 241 g/mol. The van der Waals surface area contributed by atoms with Gasteiger partial charge in [0, 0.05) is 19.1 Å². The molecule has 0 spiro atoms. The Labute approximate surface area is 108 Å². The summed E-state index contributed by atoms with van der Waals surface area (Å²) in [4.78, 5) is 0. The topological polar surface area (TPSA) is 21.3 Å². The Morgan fingerprint density at radius 1 is 1.12 bits per heavy atom. The van der Waals surface area contributed by atoms with Crippen LogP contribution in [0, 0.1) is 16.7 Å². The van der Waals surface area contributed by atoms with E-state index in [1.807, 2.05) is 7.11 Å². The molecule has 0 saturated heterocycles. The van der Waals surface area contributed by atoms with E-state index in [0.29, 0.717) is 0 Å². The molecule has 1 fully saturated rings. The van der Waals surface area contributed by atoms with E-state index in [2.05, 4.69) is 33.1 Å². The van der Waals surface area contributed by atoms with E-state index < -0.39 is 0 Å². The number of hydrogen-bond acceptors (Lipinski definition) is 2. The van der Waals surface area contributed by atoms with Crippen molar-refractivity contribution in [2.45, 2.75) is 52.9 Å². The van der Waals surface area contributed by atoms with Gasteiger partial charge in [-0.3, -0.25) is 0 Å². The summed E-state index contributed by atoms with van der Waals surface area (Å²) in [6.07, 6.45) is 6.97. The number of methoxy groups -OCH3 is 1. The van der Waals surface area contributed by atoms with Crippen molar-refractivity contribution in [1.29, 1.82) is 0 Å². The van der Waals surface area contributed by atoms with E-state index in [4.69, 9.17) is 4.74 Å². The normalized spacial score (nSPS) is 22.4. The zero-order chi connectivity index (χ0) is 12.9. The molecular weight excluding hydrogens is 210 g/mol. The van der Waals surface area contributed by atoms with Crippen molar-refractivity contribution in [2.75, 3.05) is 27.3 Å². The highest BCUT2D eigenvalue weighted by molar-refractivity contribution is 4.97. The Hall–Kier alpha value is -0.0800. The minimum absolute atomic E-state index is 0.275. The van der Waals surface area contributed by atoms with Gasteiger partial charge >= 0.3 is 0 Å². The van der Waals surface area contributed by atoms with Crippen LogP contribution in [0.3, 0.4) is 0 Å². The molecule has 0 radical (unpaired) electrons. The molecule has 2 heteroatoms. The highest BCUT2D eigenvalue weighted by atomic mass is 16.5. The first-order valence-electron chi connectivity index (χ1n) is 7.11. The molecule has 1 aliphatic carbocycles. The molecule has 1 unspecified atom stereocenters. The third kappa shape index (κ3) is 3.23. The standard InChI is InChI=1S/C15H31NO/c1-14(2,3)15(11-16-4,12-17-5)13-9-7-6-8-10-13/h13,16H,6-12H2,1-5H3. The van der Waals surface area contributed by atoms with Crippen LogP contribution in [0.4, 0.5) is 0 Å². The predicted octanol–water partition coefficient (Wildman–Crippen LogP) is 3.47. The maximum atomic E-state index is 5.60. The summed E-state index contributed by atoms with van der Waals surface area (Å²) in [5, 5.41) is 3.42. The number of ether oxygens (including phenoxy) is 1. The van der Waals surface area contributed by atoms with E-state index in [1.165, 1.54) is 32.1 Å². The lowest BCUT2D eigenvalue weighted by atomic mass is 9.56. The predicted molar refractivity (Wildman–Crippen MR) is 74.3 cm³/mol. The van der Waals surface area contributed by atoms with Gasteiger partial charge in [0.2, 0.25) is 0 Å². The molecule has 0 aromatic carbocycles. The van der Waals surface area contributed by atoms with Crippen molar-refractivity contribution in [1.82, 2.24) is 5.32 Å². The molecule has 102 valence electrons. The van der Waals surface area contributed by atoms with Crippen LogP contribution < -0.4 is 5.32 Å². The molecule has 1 atom stereocenters. The smallest absolute Gasteiger partial charge is 0.0538 e. The zero-order valence-corrected chi connectivity index (χ0v) is 12.4. The SMILES string of the molecule is CNCC(COC)(C1CCCCC1)C(C)(C)C. The lowest BCUT2D eigenvalue weighted by Gasteiger charge is -2.51. The van der Waals surface area contributed by atoms with Gasteiger partial charge in [-0.25, -0.2) is 0 Å². The van der Waals surface area contributed by atoms with Crippen molar-refractivity contribution >= 4 is 0 Å². The fourth-order valence-electron chi connectivity index (χ4n) is 3.64. The van der Waals surface area contributed by atoms with Crippen molar-refractivity contribution in [2.24, 2.45) is 16.7 Å². The number of nitrogens with one attached hydrogen (secondary N) is 1. The maximum absolute atomic E-state index is 5.60. The fourth-order valence-corrected chi connectivity index (χ4v) is 3.64. The maximum Gasteiger partial charge on any atom is 0.0538 e. The van der Waals surface area contributed by atoms with Crippen LogP contribution in [0.5, 0.6) is 0 Å². The van der Waals surface area contributed by atoms with Crippen molar-refractivity contribution in [3.05, 3.63) is 0 Å². The van der Waals surface area contributed by atoms with Crippen LogP contribution in [-0.2, 0) is 4.74 Å². The summed E-state index contributed by atoms with van der Waals surface area (Å²) >= 11 is 0. The molecule has 0 aliphatic heterocycles. The Bertz CT molecular complexity index is 207. The summed E-state index contributed by atoms with van der Waals surface area (Å²) in [6.45, 7) is 9.06. The van der Waals surface area contributed by atoms with E-state index in [-0.39, 0.29) is 10.8 Å². The Kier molecular flexibility index (Phi) is 5.46. The second kappa shape index (κ2) is 6.19. The number of hydrogen-bond donors (Lipinski definition) is 1. The van der Waals surface area contributed by atoms with E-state index in [0.717, 1.165) is 19.1 Å². The molecular formula is C15H31NO. The summed E-state index contributed by atoms with van der Waals surface area (Å²) in [5.41, 5.74) is 0.560. The second-order valence-corrected chi connectivity index (χ2v) is 6.70. The second-order valence-electron chi connectivity index (χ2n) is 6.70. The molecule has 1 N–H and O–H groups in total. The van der Waals surface area contributed by atoms with Crippen LogP contribution in [0.2, 0.25) is 0 Å². The van der Waals surface area contributed by atoms with Gasteiger partial charge in [0.15, 0.2) is 0 Å². The summed E-state index contributed by atoms with van der Waals surface area (Å²) in [6, 6.07) is 0.